The van der Waals surface area contributed by atoms with Gasteiger partial charge in [-0.1, -0.05) is 0 Å². The Hall–Kier alpha value is -1.83. The van der Waals surface area contributed by atoms with Crippen molar-refractivity contribution in [2.45, 2.75) is 12.8 Å². The van der Waals surface area contributed by atoms with E-state index >= 15 is 0 Å². The number of ether oxygens (including phenoxy) is 1. The summed E-state index contributed by atoms with van der Waals surface area (Å²) >= 11 is 0. The maximum Gasteiger partial charge on any atom is 0.317 e. The standard InChI is InChI=1S/C12H19N3O5/c16-9-7-15(4-3-13-9)11(19)14-8-12(10(17)18)1-5-20-6-2-12/h1-8H2,(H,13,16)(H,14,19)(H,17,18). The number of aliphatic carboxylic acids is 1. The lowest BCUT2D eigenvalue weighted by Crippen LogP contribution is -2.55. The Morgan fingerprint density at radius 3 is 2.70 bits per heavy atom. The van der Waals surface area contributed by atoms with Crippen molar-refractivity contribution >= 4 is 17.9 Å². The van der Waals surface area contributed by atoms with Crippen LogP contribution in [0.5, 0.6) is 0 Å². The summed E-state index contributed by atoms with van der Waals surface area (Å²) in [5, 5.41) is 14.6. The molecule has 8 nitrogen and oxygen atoms in total. The lowest BCUT2D eigenvalue weighted by Gasteiger charge is -2.34. The Kier molecular flexibility index (Phi) is 4.43. The van der Waals surface area contributed by atoms with Crippen molar-refractivity contribution in [1.29, 1.82) is 0 Å². The van der Waals surface area contributed by atoms with Gasteiger partial charge >= 0.3 is 12.0 Å². The van der Waals surface area contributed by atoms with Gasteiger partial charge in [-0.15, -0.1) is 0 Å². The Bertz CT molecular complexity index is 406. The van der Waals surface area contributed by atoms with Gasteiger partial charge in [0, 0.05) is 32.8 Å². The maximum atomic E-state index is 12.0. The average molecular weight is 285 g/mol. The smallest absolute Gasteiger partial charge is 0.317 e. The lowest BCUT2D eigenvalue weighted by molar-refractivity contribution is -0.154. The topological polar surface area (TPSA) is 108 Å². The lowest BCUT2D eigenvalue weighted by atomic mass is 9.80. The van der Waals surface area contributed by atoms with E-state index in [9.17, 15) is 19.5 Å². The molecule has 2 aliphatic rings. The highest BCUT2D eigenvalue weighted by Crippen LogP contribution is 2.30. The van der Waals surface area contributed by atoms with Gasteiger partial charge in [0.1, 0.15) is 6.54 Å². The summed E-state index contributed by atoms with van der Waals surface area (Å²) in [6.45, 7) is 1.69. The molecule has 0 unspecified atom stereocenters. The van der Waals surface area contributed by atoms with Gasteiger partial charge in [-0.25, -0.2) is 4.79 Å². The van der Waals surface area contributed by atoms with E-state index in [0.717, 1.165) is 0 Å². The summed E-state index contributed by atoms with van der Waals surface area (Å²) in [6.07, 6.45) is 0.756. The summed E-state index contributed by atoms with van der Waals surface area (Å²) in [7, 11) is 0. The molecule has 3 N–H and O–H groups in total. The molecular formula is C12H19N3O5. The van der Waals surface area contributed by atoms with E-state index < -0.39 is 17.4 Å². The highest BCUT2D eigenvalue weighted by atomic mass is 16.5. The van der Waals surface area contributed by atoms with Gasteiger partial charge < -0.3 is 25.4 Å². The van der Waals surface area contributed by atoms with Gasteiger partial charge in [0.15, 0.2) is 0 Å². The van der Waals surface area contributed by atoms with Crippen LogP contribution in [-0.2, 0) is 14.3 Å². The van der Waals surface area contributed by atoms with Crippen LogP contribution < -0.4 is 10.6 Å². The number of rotatable bonds is 3. The molecule has 2 fully saturated rings. The monoisotopic (exact) mass is 285 g/mol. The number of nitrogens with zero attached hydrogens (tertiary/aromatic N) is 1. The van der Waals surface area contributed by atoms with Gasteiger partial charge in [-0.2, -0.15) is 0 Å². The van der Waals surface area contributed by atoms with E-state index in [0.29, 0.717) is 39.1 Å². The summed E-state index contributed by atoms with van der Waals surface area (Å²) < 4.78 is 5.17. The van der Waals surface area contributed by atoms with Crippen molar-refractivity contribution in [3.05, 3.63) is 0 Å². The van der Waals surface area contributed by atoms with Crippen LogP contribution in [-0.4, -0.2) is 67.3 Å². The van der Waals surface area contributed by atoms with Crippen LogP contribution in [0.25, 0.3) is 0 Å². The van der Waals surface area contributed by atoms with E-state index in [2.05, 4.69) is 10.6 Å². The van der Waals surface area contributed by atoms with Gasteiger partial charge in [0.05, 0.1) is 5.41 Å². The number of amides is 3. The molecular weight excluding hydrogens is 266 g/mol. The molecule has 0 aromatic heterocycles. The Labute approximate surface area is 116 Å². The molecule has 0 radical (unpaired) electrons. The third kappa shape index (κ3) is 3.19. The second-order valence-electron chi connectivity index (χ2n) is 5.13. The maximum absolute atomic E-state index is 12.0. The molecule has 0 saturated carbocycles. The molecule has 0 aromatic rings. The molecule has 8 heteroatoms. The van der Waals surface area contributed by atoms with Gasteiger partial charge in [-0.3, -0.25) is 9.59 Å². The first-order valence-corrected chi connectivity index (χ1v) is 6.64. The third-order valence-corrected chi connectivity index (χ3v) is 3.81. The average Bonchev–Trinajstić information content (AvgIpc) is 2.45. The zero-order valence-electron chi connectivity index (χ0n) is 11.2. The summed E-state index contributed by atoms with van der Waals surface area (Å²) in [4.78, 5) is 36.0. The number of urea groups is 1. The van der Waals surface area contributed by atoms with E-state index in [-0.39, 0.29) is 19.0 Å². The SMILES string of the molecule is O=C1CN(C(=O)NCC2(C(=O)O)CCOCC2)CCN1. The fourth-order valence-electron chi connectivity index (χ4n) is 2.40. The van der Waals surface area contributed by atoms with Crippen LogP contribution in [0, 0.1) is 5.41 Å². The first kappa shape index (κ1) is 14.6. The van der Waals surface area contributed by atoms with E-state index in [1.807, 2.05) is 0 Å². The molecule has 0 spiro atoms. The zero-order valence-corrected chi connectivity index (χ0v) is 11.2. The molecule has 0 bridgehead atoms. The highest BCUT2D eigenvalue weighted by molar-refractivity contribution is 5.85. The molecule has 20 heavy (non-hydrogen) atoms. The Balaban J connectivity index is 1.90. The fraction of sp³-hybridized carbons (Fsp3) is 0.750. The minimum absolute atomic E-state index is 0.00894. The Morgan fingerprint density at radius 2 is 2.10 bits per heavy atom. The van der Waals surface area contributed by atoms with Crippen molar-refractivity contribution in [3.63, 3.8) is 0 Å². The summed E-state index contributed by atoms with van der Waals surface area (Å²) in [5.41, 5.74) is -0.966. The second kappa shape index (κ2) is 6.08. The number of carboxylic acids is 1. The van der Waals surface area contributed by atoms with Crippen molar-refractivity contribution in [1.82, 2.24) is 15.5 Å². The molecule has 112 valence electrons. The normalized spacial score (nSPS) is 22.0. The van der Waals surface area contributed by atoms with E-state index in [1.165, 1.54) is 4.90 Å². The summed E-state index contributed by atoms with van der Waals surface area (Å²) in [5.74, 6) is -1.12. The quantitative estimate of drug-likeness (QED) is 0.617. The predicted octanol–water partition coefficient (Wildman–Crippen LogP) is -0.991. The van der Waals surface area contributed by atoms with Gasteiger partial charge in [-0.05, 0) is 12.8 Å². The van der Waals surface area contributed by atoms with Crippen LogP contribution >= 0.6 is 0 Å². The van der Waals surface area contributed by atoms with Gasteiger partial charge in [0.2, 0.25) is 5.91 Å². The zero-order chi connectivity index (χ0) is 14.6. The van der Waals surface area contributed by atoms with Crippen LogP contribution in [0.15, 0.2) is 0 Å². The molecule has 2 saturated heterocycles. The first-order chi connectivity index (χ1) is 9.53. The number of carbonyl (C=O) groups is 3. The van der Waals surface area contributed by atoms with Crippen LogP contribution in [0.2, 0.25) is 0 Å². The van der Waals surface area contributed by atoms with E-state index in [1.54, 1.807) is 0 Å². The van der Waals surface area contributed by atoms with Crippen molar-refractivity contribution < 1.29 is 24.2 Å². The van der Waals surface area contributed by atoms with Crippen molar-refractivity contribution in [2.75, 3.05) is 39.4 Å². The van der Waals surface area contributed by atoms with Crippen LogP contribution in [0.4, 0.5) is 4.79 Å². The van der Waals surface area contributed by atoms with Gasteiger partial charge in [0.25, 0.3) is 0 Å². The fourth-order valence-corrected chi connectivity index (χ4v) is 2.40. The van der Waals surface area contributed by atoms with E-state index in [4.69, 9.17) is 4.74 Å². The molecule has 2 rings (SSSR count). The number of hydrogen-bond donors (Lipinski definition) is 3. The third-order valence-electron chi connectivity index (χ3n) is 3.81. The van der Waals surface area contributed by atoms with Crippen molar-refractivity contribution in [3.8, 4) is 0 Å². The molecule has 0 aliphatic carbocycles. The molecule has 2 heterocycles. The molecule has 0 aromatic carbocycles. The summed E-state index contributed by atoms with van der Waals surface area (Å²) in [6, 6.07) is -0.396. The number of hydrogen-bond acceptors (Lipinski definition) is 4. The van der Waals surface area contributed by atoms with Crippen molar-refractivity contribution in [2.24, 2.45) is 5.41 Å². The van der Waals surface area contributed by atoms with Crippen LogP contribution in [0.3, 0.4) is 0 Å². The number of nitrogens with one attached hydrogen (secondary N) is 2. The number of piperazine rings is 1. The first-order valence-electron chi connectivity index (χ1n) is 6.64. The Morgan fingerprint density at radius 1 is 1.40 bits per heavy atom. The second-order valence-corrected chi connectivity index (χ2v) is 5.13. The minimum Gasteiger partial charge on any atom is -0.481 e. The highest BCUT2D eigenvalue weighted by Gasteiger charge is 2.40. The minimum atomic E-state index is -0.966. The number of carboxylic acid groups (broad SMARTS) is 1. The predicted molar refractivity (Wildman–Crippen MR) is 68.1 cm³/mol. The number of carbonyl (C=O) groups excluding carboxylic acids is 2. The molecule has 2 aliphatic heterocycles. The largest absolute Gasteiger partial charge is 0.481 e. The van der Waals surface area contributed by atoms with Crippen LogP contribution in [0.1, 0.15) is 12.8 Å². The molecule has 3 amide bonds. The molecule has 0 atom stereocenters.